The number of ether oxygens (including phenoxy) is 1. The van der Waals surface area contributed by atoms with E-state index in [-0.39, 0.29) is 18.6 Å². The van der Waals surface area contributed by atoms with Crippen molar-refractivity contribution < 1.29 is 14.3 Å². The number of nitrogens with one attached hydrogen (secondary N) is 1. The molecule has 25 heavy (non-hydrogen) atoms. The Morgan fingerprint density at radius 2 is 1.84 bits per heavy atom. The maximum Gasteiger partial charge on any atom is 0.252 e. The molecule has 0 aromatic heterocycles. The molecule has 0 heterocycles. The Morgan fingerprint density at radius 3 is 2.60 bits per heavy atom. The first-order valence-corrected chi connectivity index (χ1v) is 8.55. The van der Waals surface area contributed by atoms with E-state index in [4.69, 9.17) is 10.5 Å². The summed E-state index contributed by atoms with van der Waals surface area (Å²) in [6.45, 7) is 0.259. The second-order valence-corrected chi connectivity index (χ2v) is 6.30. The first kappa shape index (κ1) is 17.0. The Hall–Kier alpha value is -2.82. The van der Waals surface area contributed by atoms with Crippen LogP contribution in [0.2, 0.25) is 0 Å². The van der Waals surface area contributed by atoms with Crippen LogP contribution in [0.1, 0.15) is 52.0 Å². The number of carbonyl (C=O) groups is 2. The molecule has 1 aliphatic carbocycles. The normalized spacial score (nSPS) is 14.2. The lowest BCUT2D eigenvalue weighted by Gasteiger charge is -2.13. The van der Waals surface area contributed by atoms with Gasteiger partial charge in [0, 0.05) is 11.6 Å². The zero-order valence-corrected chi connectivity index (χ0v) is 14.0. The second kappa shape index (κ2) is 7.83. The molecule has 1 aliphatic rings. The van der Waals surface area contributed by atoms with Gasteiger partial charge in [0.2, 0.25) is 0 Å². The molecular formula is C20H22N2O3. The number of amides is 2. The maximum absolute atomic E-state index is 12.4. The minimum atomic E-state index is -0.528. The smallest absolute Gasteiger partial charge is 0.252 e. The van der Waals surface area contributed by atoms with Gasteiger partial charge >= 0.3 is 0 Å². The van der Waals surface area contributed by atoms with Gasteiger partial charge in [-0.1, -0.05) is 37.1 Å². The van der Waals surface area contributed by atoms with Crippen molar-refractivity contribution in [3.63, 3.8) is 0 Å². The zero-order valence-electron chi connectivity index (χ0n) is 14.0. The Kier molecular flexibility index (Phi) is 5.33. The number of benzene rings is 2. The number of hydrogen-bond donors (Lipinski definition) is 2. The van der Waals surface area contributed by atoms with Crippen molar-refractivity contribution in [2.75, 3.05) is 0 Å². The molecule has 130 valence electrons. The number of primary amides is 1. The number of nitrogens with two attached hydrogens (primary N) is 1. The fourth-order valence-corrected chi connectivity index (χ4v) is 3.10. The summed E-state index contributed by atoms with van der Waals surface area (Å²) in [6.07, 6.45) is 4.47. The molecule has 1 fully saturated rings. The lowest BCUT2D eigenvalue weighted by molar-refractivity contribution is 0.0936. The average molecular weight is 338 g/mol. The number of carbonyl (C=O) groups excluding carboxylic acids is 2. The van der Waals surface area contributed by atoms with Crippen LogP contribution >= 0.6 is 0 Å². The van der Waals surface area contributed by atoms with Crippen molar-refractivity contribution in [3.05, 3.63) is 65.2 Å². The minimum absolute atomic E-state index is 0.0497. The Morgan fingerprint density at radius 1 is 1.08 bits per heavy atom. The summed E-state index contributed by atoms with van der Waals surface area (Å²) in [7, 11) is 0. The molecule has 0 unspecified atom stereocenters. The molecular weight excluding hydrogens is 316 g/mol. The molecule has 3 N–H and O–H groups in total. The fraction of sp³-hybridized carbons (Fsp3) is 0.300. The molecule has 2 aromatic carbocycles. The molecule has 1 saturated carbocycles. The van der Waals surface area contributed by atoms with Crippen molar-refractivity contribution in [1.29, 1.82) is 0 Å². The third kappa shape index (κ3) is 4.38. The predicted octanol–water partition coefficient (Wildman–Crippen LogP) is 3.04. The number of para-hydroxylation sites is 1. The molecule has 5 nitrogen and oxygen atoms in total. The lowest BCUT2D eigenvalue weighted by Crippen LogP contribution is -2.32. The van der Waals surface area contributed by atoms with Crippen molar-refractivity contribution in [2.45, 2.75) is 38.3 Å². The van der Waals surface area contributed by atoms with Crippen LogP contribution in [0.5, 0.6) is 5.75 Å². The van der Waals surface area contributed by atoms with Gasteiger partial charge in [0.15, 0.2) is 0 Å². The van der Waals surface area contributed by atoms with Crippen LogP contribution in [-0.4, -0.2) is 17.9 Å². The van der Waals surface area contributed by atoms with Crippen molar-refractivity contribution >= 4 is 11.8 Å². The summed E-state index contributed by atoms with van der Waals surface area (Å²) in [5.41, 5.74) is 7.18. The average Bonchev–Trinajstić information content (AvgIpc) is 3.13. The van der Waals surface area contributed by atoms with E-state index in [0.29, 0.717) is 16.9 Å². The molecule has 0 atom stereocenters. The molecule has 0 spiro atoms. The van der Waals surface area contributed by atoms with Crippen LogP contribution in [-0.2, 0) is 6.61 Å². The standard InChI is InChI=1S/C20H22N2O3/c21-19(23)17-10-3-4-11-18(17)25-13-14-6-5-7-15(12-14)20(24)22-16-8-1-2-9-16/h3-7,10-12,16H,1-2,8-9,13H2,(H2,21,23)(H,22,24). The number of rotatable bonds is 6. The van der Waals surface area contributed by atoms with E-state index < -0.39 is 5.91 Å². The summed E-state index contributed by atoms with van der Waals surface area (Å²) in [5.74, 6) is -0.137. The molecule has 2 aromatic rings. The monoisotopic (exact) mass is 338 g/mol. The van der Waals surface area contributed by atoms with Crippen LogP contribution in [0.15, 0.2) is 48.5 Å². The highest BCUT2D eigenvalue weighted by molar-refractivity contribution is 5.95. The van der Waals surface area contributed by atoms with Gasteiger partial charge in [0.1, 0.15) is 12.4 Å². The highest BCUT2D eigenvalue weighted by Crippen LogP contribution is 2.20. The highest BCUT2D eigenvalue weighted by atomic mass is 16.5. The third-order valence-electron chi connectivity index (χ3n) is 4.43. The van der Waals surface area contributed by atoms with Gasteiger partial charge in [-0.3, -0.25) is 9.59 Å². The fourth-order valence-electron chi connectivity index (χ4n) is 3.10. The highest BCUT2D eigenvalue weighted by Gasteiger charge is 2.18. The molecule has 0 radical (unpaired) electrons. The number of hydrogen-bond acceptors (Lipinski definition) is 3. The van der Waals surface area contributed by atoms with Gasteiger partial charge in [-0.15, -0.1) is 0 Å². The van der Waals surface area contributed by atoms with Gasteiger partial charge in [-0.05, 0) is 42.7 Å². The molecule has 0 aliphatic heterocycles. The van der Waals surface area contributed by atoms with Gasteiger partial charge in [-0.25, -0.2) is 0 Å². The second-order valence-electron chi connectivity index (χ2n) is 6.30. The summed E-state index contributed by atoms with van der Waals surface area (Å²) in [4.78, 5) is 23.8. The van der Waals surface area contributed by atoms with Gasteiger partial charge < -0.3 is 15.8 Å². The quantitative estimate of drug-likeness (QED) is 0.849. The SMILES string of the molecule is NC(=O)c1ccccc1OCc1cccc(C(=O)NC2CCCC2)c1. The molecule has 5 heteroatoms. The minimum Gasteiger partial charge on any atom is -0.488 e. The van der Waals surface area contributed by atoms with E-state index in [1.807, 2.05) is 18.2 Å². The zero-order chi connectivity index (χ0) is 17.6. The largest absolute Gasteiger partial charge is 0.488 e. The van der Waals surface area contributed by atoms with E-state index in [1.165, 1.54) is 12.8 Å². The van der Waals surface area contributed by atoms with E-state index >= 15 is 0 Å². The Bertz CT molecular complexity index is 767. The third-order valence-corrected chi connectivity index (χ3v) is 4.43. The van der Waals surface area contributed by atoms with Crippen molar-refractivity contribution in [3.8, 4) is 5.75 Å². The van der Waals surface area contributed by atoms with Crippen LogP contribution in [0, 0.1) is 0 Å². The Labute approximate surface area is 147 Å². The van der Waals surface area contributed by atoms with Crippen molar-refractivity contribution in [2.24, 2.45) is 5.73 Å². The van der Waals surface area contributed by atoms with Gasteiger partial charge in [-0.2, -0.15) is 0 Å². The van der Waals surface area contributed by atoms with E-state index in [1.54, 1.807) is 30.3 Å². The summed E-state index contributed by atoms with van der Waals surface area (Å²) >= 11 is 0. The summed E-state index contributed by atoms with van der Waals surface area (Å²) < 4.78 is 5.72. The molecule has 2 amide bonds. The lowest BCUT2D eigenvalue weighted by atomic mass is 10.1. The summed E-state index contributed by atoms with van der Waals surface area (Å²) in [5, 5.41) is 3.08. The maximum atomic E-state index is 12.4. The van der Waals surface area contributed by atoms with Crippen LogP contribution in [0.25, 0.3) is 0 Å². The van der Waals surface area contributed by atoms with E-state index in [0.717, 1.165) is 18.4 Å². The van der Waals surface area contributed by atoms with Crippen LogP contribution < -0.4 is 15.8 Å². The molecule has 0 saturated heterocycles. The van der Waals surface area contributed by atoms with Crippen LogP contribution in [0.4, 0.5) is 0 Å². The van der Waals surface area contributed by atoms with Crippen molar-refractivity contribution in [1.82, 2.24) is 5.32 Å². The van der Waals surface area contributed by atoms with Gasteiger partial charge in [0.25, 0.3) is 11.8 Å². The van der Waals surface area contributed by atoms with E-state index in [9.17, 15) is 9.59 Å². The predicted molar refractivity (Wildman–Crippen MR) is 95.5 cm³/mol. The first-order chi connectivity index (χ1) is 12.1. The molecule has 0 bridgehead atoms. The molecule has 3 rings (SSSR count). The Balaban J connectivity index is 1.66. The summed E-state index contributed by atoms with van der Waals surface area (Å²) in [6, 6.07) is 14.5. The topological polar surface area (TPSA) is 81.4 Å². The van der Waals surface area contributed by atoms with E-state index in [2.05, 4.69) is 5.32 Å². The first-order valence-electron chi connectivity index (χ1n) is 8.55. The van der Waals surface area contributed by atoms with Crippen LogP contribution in [0.3, 0.4) is 0 Å². The van der Waals surface area contributed by atoms with Gasteiger partial charge in [0.05, 0.1) is 5.56 Å².